The van der Waals surface area contributed by atoms with Gasteiger partial charge in [0.1, 0.15) is 23.8 Å². The number of rotatable bonds is 0. The average molecular weight is 207 g/mol. The number of ether oxygens (including phenoxy) is 1. The van der Waals surface area contributed by atoms with Gasteiger partial charge >= 0.3 is 0 Å². The molecule has 82 valence electrons. The lowest BCUT2D eigenvalue weighted by atomic mass is 10.0. The van der Waals surface area contributed by atoms with Crippen molar-refractivity contribution in [2.75, 3.05) is 18.1 Å². The molecule has 0 unspecified atom stereocenters. The zero-order valence-corrected chi connectivity index (χ0v) is 9.45. The third kappa shape index (κ3) is 1.74. The second-order valence-electron chi connectivity index (χ2n) is 4.79. The van der Waals surface area contributed by atoms with Crippen molar-refractivity contribution in [1.29, 1.82) is 0 Å². The van der Waals surface area contributed by atoms with Crippen molar-refractivity contribution in [3.8, 4) is 11.5 Å². The fourth-order valence-electron chi connectivity index (χ4n) is 1.93. The number of hydrogen-bond donors (Lipinski definition) is 1. The van der Waals surface area contributed by atoms with Crippen molar-refractivity contribution in [1.82, 2.24) is 0 Å². The highest BCUT2D eigenvalue weighted by Gasteiger charge is 2.29. The summed E-state index contributed by atoms with van der Waals surface area (Å²) in [6.45, 7) is 7.89. The van der Waals surface area contributed by atoms with Gasteiger partial charge in [0.15, 0.2) is 0 Å². The Morgan fingerprint density at radius 1 is 1.33 bits per heavy atom. The summed E-state index contributed by atoms with van der Waals surface area (Å²) in [7, 11) is 0. The van der Waals surface area contributed by atoms with Crippen molar-refractivity contribution in [2.24, 2.45) is 0 Å². The van der Waals surface area contributed by atoms with Gasteiger partial charge in [-0.2, -0.15) is 0 Å². The average Bonchev–Trinajstić information content (AvgIpc) is 2.16. The SMILES string of the molecule is CC(C)(C)N1CCOc2cccc(O)c21. The van der Waals surface area contributed by atoms with Crippen molar-refractivity contribution in [2.45, 2.75) is 26.3 Å². The van der Waals surface area contributed by atoms with E-state index in [-0.39, 0.29) is 5.54 Å². The number of para-hydroxylation sites is 1. The molecule has 0 aliphatic carbocycles. The van der Waals surface area contributed by atoms with Crippen LogP contribution < -0.4 is 9.64 Å². The van der Waals surface area contributed by atoms with Crippen LogP contribution in [-0.2, 0) is 0 Å². The summed E-state index contributed by atoms with van der Waals surface area (Å²) < 4.78 is 5.53. The first-order valence-electron chi connectivity index (χ1n) is 5.22. The molecule has 3 nitrogen and oxygen atoms in total. The Morgan fingerprint density at radius 2 is 2.07 bits per heavy atom. The number of nitrogens with zero attached hydrogens (tertiary/aromatic N) is 1. The van der Waals surface area contributed by atoms with Crippen molar-refractivity contribution >= 4 is 5.69 Å². The third-order valence-electron chi connectivity index (χ3n) is 2.63. The molecule has 0 fully saturated rings. The van der Waals surface area contributed by atoms with Crippen LogP contribution in [0.2, 0.25) is 0 Å². The Balaban J connectivity index is 2.50. The predicted octanol–water partition coefficient (Wildman–Crippen LogP) is 2.39. The van der Waals surface area contributed by atoms with Crippen LogP contribution in [0, 0.1) is 0 Å². The maximum Gasteiger partial charge on any atom is 0.146 e. The zero-order chi connectivity index (χ0) is 11.1. The number of fused-ring (bicyclic) bond motifs is 1. The first kappa shape index (κ1) is 10.1. The monoisotopic (exact) mass is 207 g/mol. The molecule has 0 radical (unpaired) electrons. The molecule has 1 N–H and O–H groups in total. The first-order chi connectivity index (χ1) is 7.00. The van der Waals surface area contributed by atoms with E-state index < -0.39 is 0 Å². The molecule has 2 rings (SSSR count). The minimum absolute atomic E-state index is 0.00262. The van der Waals surface area contributed by atoms with E-state index in [1.807, 2.05) is 6.07 Å². The van der Waals surface area contributed by atoms with E-state index >= 15 is 0 Å². The quantitative estimate of drug-likeness (QED) is 0.709. The molecule has 1 aliphatic heterocycles. The second-order valence-corrected chi connectivity index (χ2v) is 4.79. The molecular formula is C12H17NO2. The fraction of sp³-hybridized carbons (Fsp3) is 0.500. The maximum atomic E-state index is 9.87. The lowest BCUT2D eigenvalue weighted by Crippen LogP contribution is -2.46. The van der Waals surface area contributed by atoms with Crippen LogP contribution in [0.15, 0.2) is 18.2 Å². The van der Waals surface area contributed by atoms with E-state index in [9.17, 15) is 5.11 Å². The van der Waals surface area contributed by atoms with Gasteiger partial charge in [-0.1, -0.05) is 6.07 Å². The number of phenols is 1. The number of aromatic hydroxyl groups is 1. The van der Waals surface area contributed by atoms with Crippen LogP contribution in [0.4, 0.5) is 5.69 Å². The van der Waals surface area contributed by atoms with E-state index in [2.05, 4.69) is 25.7 Å². The van der Waals surface area contributed by atoms with E-state index in [4.69, 9.17) is 4.74 Å². The molecule has 0 saturated heterocycles. The number of hydrogen-bond acceptors (Lipinski definition) is 3. The third-order valence-corrected chi connectivity index (χ3v) is 2.63. The molecule has 0 aromatic heterocycles. The van der Waals surface area contributed by atoms with Crippen molar-refractivity contribution in [3.63, 3.8) is 0 Å². The van der Waals surface area contributed by atoms with E-state index in [0.29, 0.717) is 12.4 Å². The molecule has 0 amide bonds. The van der Waals surface area contributed by atoms with Gasteiger partial charge in [0.2, 0.25) is 0 Å². The molecule has 15 heavy (non-hydrogen) atoms. The first-order valence-corrected chi connectivity index (χ1v) is 5.22. The predicted molar refractivity (Wildman–Crippen MR) is 60.7 cm³/mol. The highest BCUT2D eigenvalue weighted by atomic mass is 16.5. The number of phenolic OH excluding ortho intramolecular Hbond substituents is 1. The molecule has 1 aromatic carbocycles. The van der Waals surface area contributed by atoms with Gasteiger partial charge in [0.05, 0.1) is 6.54 Å². The zero-order valence-electron chi connectivity index (χ0n) is 9.45. The van der Waals surface area contributed by atoms with Crippen molar-refractivity contribution in [3.05, 3.63) is 18.2 Å². The van der Waals surface area contributed by atoms with Crippen LogP contribution in [0.5, 0.6) is 11.5 Å². The van der Waals surface area contributed by atoms with Gasteiger partial charge < -0.3 is 14.7 Å². The number of benzene rings is 1. The summed E-state index contributed by atoms with van der Waals surface area (Å²) in [5.74, 6) is 1.07. The Bertz CT molecular complexity index is 368. The van der Waals surface area contributed by atoms with E-state index in [0.717, 1.165) is 18.0 Å². The highest BCUT2D eigenvalue weighted by molar-refractivity contribution is 5.69. The van der Waals surface area contributed by atoms with Gasteiger partial charge in [0.25, 0.3) is 0 Å². The summed E-state index contributed by atoms with van der Waals surface area (Å²) in [4.78, 5) is 2.18. The Morgan fingerprint density at radius 3 is 2.73 bits per heavy atom. The van der Waals surface area contributed by atoms with Crippen molar-refractivity contribution < 1.29 is 9.84 Å². The van der Waals surface area contributed by atoms with E-state index in [1.54, 1.807) is 12.1 Å². The summed E-state index contributed by atoms with van der Waals surface area (Å²) in [5, 5.41) is 9.87. The van der Waals surface area contributed by atoms with Gasteiger partial charge in [-0.05, 0) is 32.9 Å². The molecule has 1 aromatic rings. The summed E-state index contributed by atoms with van der Waals surface area (Å²) in [6, 6.07) is 5.40. The van der Waals surface area contributed by atoms with Crippen LogP contribution in [0.3, 0.4) is 0 Å². The molecule has 1 aliphatic rings. The summed E-state index contributed by atoms with van der Waals surface area (Å²) >= 11 is 0. The number of anilines is 1. The standard InChI is InChI=1S/C12H17NO2/c1-12(2,3)13-7-8-15-10-6-4-5-9(14)11(10)13/h4-6,14H,7-8H2,1-3H3. The van der Waals surface area contributed by atoms with Crippen LogP contribution in [0.1, 0.15) is 20.8 Å². The molecule has 0 atom stereocenters. The van der Waals surface area contributed by atoms with E-state index in [1.165, 1.54) is 0 Å². The Kier molecular flexibility index (Phi) is 2.25. The summed E-state index contributed by atoms with van der Waals surface area (Å²) in [5.41, 5.74) is 0.813. The van der Waals surface area contributed by atoms with Gasteiger partial charge in [0, 0.05) is 5.54 Å². The Hall–Kier alpha value is -1.38. The van der Waals surface area contributed by atoms with Crippen LogP contribution in [0.25, 0.3) is 0 Å². The van der Waals surface area contributed by atoms with Gasteiger partial charge in [-0.25, -0.2) is 0 Å². The smallest absolute Gasteiger partial charge is 0.146 e. The topological polar surface area (TPSA) is 32.7 Å². The summed E-state index contributed by atoms with van der Waals surface area (Å²) in [6.07, 6.45) is 0. The Labute approximate surface area is 90.3 Å². The second kappa shape index (κ2) is 3.33. The minimum Gasteiger partial charge on any atom is -0.506 e. The highest BCUT2D eigenvalue weighted by Crippen LogP contribution is 2.42. The normalized spacial score (nSPS) is 15.8. The van der Waals surface area contributed by atoms with Gasteiger partial charge in [-0.3, -0.25) is 0 Å². The van der Waals surface area contributed by atoms with Gasteiger partial charge in [-0.15, -0.1) is 0 Å². The lowest BCUT2D eigenvalue weighted by molar-refractivity contribution is 0.285. The van der Waals surface area contributed by atoms with Crippen LogP contribution in [-0.4, -0.2) is 23.8 Å². The molecule has 0 spiro atoms. The fourth-order valence-corrected chi connectivity index (χ4v) is 1.93. The maximum absolute atomic E-state index is 9.87. The lowest BCUT2D eigenvalue weighted by Gasteiger charge is -2.41. The molecule has 3 heteroatoms. The molecular weight excluding hydrogens is 190 g/mol. The molecule has 0 bridgehead atoms. The molecule has 1 heterocycles. The minimum atomic E-state index is -0.00262. The molecule has 0 saturated carbocycles. The largest absolute Gasteiger partial charge is 0.506 e. The van der Waals surface area contributed by atoms with Crippen LogP contribution >= 0.6 is 0 Å².